The molecule has 0 amide bonds. The molecular formula is C27H29ClFNO5. The Kier molecular flexibility index (Phi) is 8.35. The number of rotatable bonds is 10. The van der Waals surface area contributed by atoms with Crippen LogP contribution in [-0.2, 0) is 5.60 Å². The molecule has 0 spiro atoms. The van der Waals surface area contributed by atoms with Gasteiger partial charge in [-0.05, 0) is 75.7 Å². The van der Waals surface area contributed by atoms with Crippen LogP contribution in [0.4, 0.5) is 4.39 Å². The first-order chi connectivity index (χ1) is 16.6. The molecule has 1 heterocycles. The second-order valence-corrected chi connectivity index (χ2v) is 9.01. The van der Waals surface area contributed by atoms with Gasteiger partial charge in [0.15, 0.2) is 17.3 Å². The fourth-order valence-electron chi connectivity index (χ4n) is 3.58. The van der Waals surface area contributed by atoms with Crippen molar-refractivity contribution in [3.8, 4) is 28.5 Å². The molecule has 0 bridgehead atoms. The summed E-state index contributed by atoms with van der Waals surface area (Å²) in [7, 11) is 3.01. The maximum Gasteiger partial charge on any atom is 0.163 e. The van der Waals surface area contributed by atoms with E-state index >= 15 is 0 Å². The fourth-order valence-corrected chi connectivity index (χ4v) is 3.76. The van der Waals surface area contributed by atoms with Crippen LogP contribution in [0, 0.1) is 5.82 Å². The van der Waals surface area contributed by atoms with Gasteiger partial charge in [-0.15, -0.1) is 0 Å². The third kappa shape index (κ3) is 6.29. The second kappa shape index (κ2) is 11.1. The average Bonchev–Trinajstić information content (AvgIpc) is 2.83. The van der Waals surface area contributed by atoms with Crippen LogP contribution in [0.2, 0.25) is 5.02 Å². The number of benzene rings is 2. The van der Waals surface area contributed by atoms with E-state index in [4.69, 9.17) is 25.8 Å². The zero-order valence-electron chi connectivity index (χ0n) is 20.4. The molecule has 0 saturated carbocycles. The zero-order valence-corrected chi connectivity index (χ0v) is 21.1. The van der Waals surface area contributed by atoms with E-state index in [-0.39, 0.29) is 29.8 Å². The summed E-state index contributed by atoms with van der Waals surface area (Å²) < 4.78 is 30.1. The number of pyridine rings is 1. The first-order valence-electron chi connectivity index (χ1n) is 11.2. The zero-order chi connectivity index (χ0) is 25.8. The van der Waals surface area contributed by atoms with Gasteiger partial charge in [0.25, 0.3) is 0 Å². The van der Waals surface area contributed by atoms with E-state index in [0.717, 1.165) is 0 Å². The van der Waals surface area contributed by atoms with Crippen molar-refractivity contribution in [2.45, 2.75) is 45.3 Å². The summed E-state index contributed by atoms with van der Waals surface area (Å²) in [4.78, 5) is 17.5. The third-order valence-electron chi connectivity index (χ3n) is 5.51. The van der Waals surface area contributed by atoms with Crippen LogP contribution in [0.15, 0.2) is 48.5 Å². The quantitative estimate of drug-likeness (QED) is 0.332. The molecule has 0 aliphatic rings. The lowest BCUT2D eigenvalue weighted by molar-refractivity contribution is 0.0397. The van der Waals surface area contributed by atoms with Gasteiger partial charge in [-0.1, -0.05) is 11.6 Å². The molecule has 0 saturated heterocycles. The van der Waals surface area contributed by atoms with Crippen molar-refractivity contribution in [2.75, 3.05) is 14.2 Å². The van der Waals surface area contributed by atoms with Crippen LogP contribution in [0.1, 0.15) is 49.7 Å². The number of halogens is 2. The normalized spacial score (nSPS) is 12.8. The molecular weight excluding hydrogens is 473 g/mol. The summed E-state index contributed by atoms with van der Waals surface area (Å²) in [6.07, 6.45) is 0.168. The Labute approximate surface area is 209 Å². The number of carbonyl (C=O) groups is 1. The number of aliphatic hydroxyl groups is 1. The molecule has 1 unspecified atom stereocenters. The van der Waals surface area contributed by atoms with Gasteiger partial charge in [-0.3, -0.25) is 4.79 Å². The Morgan fingerprint density at radius 1 is 1.06 bits per heavy atom. The number of Topliss-reactive ketones (excluding diaryl/α,β-unsaturated/α-hetero) is 1. The van der Waals surface area contributed by atoms with E-state index in [2.05, 4.69) is 4.98 Å². The molecule has 3 aromatic rings. The Bertz CT molecular complexity index is 1210. The Hall–Kier alpha value is -3.16. The molecule has 2 aromatic carbocycles. The van der Waals surface area contributed by atoms with Gasteiger partial charge in [0.2, 0.25) is 0 Å². The minimum Gasteiger partial charge on any atom is -0.494 e. The van der Waals surface area contributed by atoms with E-state index in [1.165, 1.54) is 32.4 Å². The van der Waals surface area contributed by atoms with Crippen LogP contribution in [0.5, 0.6) is 17.2 Å². The standard InChI is InChI=1S/C27H29ClFNO5/c1-16(2)35-22-9-7-17(15-24(22)34-5)21(31)12-13-27(3,32)25-11-10-23(33-4)26(30-25)18-6-8-20(29)19(28)14-18/h6-11,14-16,32H,12-13H2,1-5H3. The van der Waals surface area contributed by atoms with Crippen LogP contribution in [0.3, 0.4) is 0 Å². The summed E-state index contributed by atoms with van der Waals surface area (Å²) in [5.74, 6) is 0.770. The summed E-state index contributed by atoms with van der Waals surface area (Å²) >= 11 is 5.94. The monoisotopic (exact) mass is 501 g/mol. The lowest BCUT2D eigenvalue weighted by atomic mass is 9.92. The molecule has 186 valence electrons. The van der Waals surface area contributed by atoms with Gasteiger partial charge < -0.3 is 19.3 Å². The maximum absolute atomic E-state index is 13.6. The van der Waals surface area contributed by atoms with Crippen molar-refractivity contribution in [3.63, 3.8) is 0 Å². The van der Waals surface area contributed by atoms with Gasteiger partial charge in [0, 0.05) is 17.5 Å². The summed E-state index contributed by atoms with van der Waals surface area (Å²) in [6, 6.07) is 12.6. The molecule has 0 aliphatic carbocycles. The predicted molar refractivity (Wildman–Crippen MR) is 133 cm³/mol. The average molecular weight is 502 g/mol. The lowest BCUT2D eigenvalue weighted by Gasteiger charge is -2.24. The number of ketones is 1. The molecule has 6 nitrogen and oxygen atoms in total. The molecule has 0 radical (unpaired) electrons. The van der Waals surface area contributed by atoms with Crippen molar-refractivity contribution in [2.24, 2.45) is 0 Å². The Balaban J connectivity index is 1.81. The molecule has 0 aliphatic heterocycles. The fraction of sp³-hybridized carbons (Fsp3) is 0.333. The third-order valence-corrected chi connectivity index (χ3v) is 5.80. The highest BCUT2D eigenvalue weighted by atomic mass is 35.5. The van der Waals surface area contributed by atoms with Crippen molar-refractivity contribution < 1.29 is 28.5 Å². The maximum atomic E-state index is 13.6. The number of methoxy groups -OCH3 is 2. The lowest BCUT2D eigenvalue weighted by Crippen LogP contribution is -2.24. The van der Waals surface area contributed by atoms with Crippen molar-refractivity contribution >= 4 is 17.4 Å². The minimum atomic E-state index is -1.41. The number of aromatic nitrogens is 1. The molecule has 1 aromatic heterocycles. The van der Waals surface area contributed by atoms with E-state index in [9.17, 15) is 14.3 Å². The highest BCUT2D eigenvalue weighted by Gasteiger charge is 2.28. The van der Waals surface area contributed by atoms with E-state index in [0.29, 0.717) is 39.8 Å². The minimum absolute atomic E-state index is 0.0339. The smallest absolute Gasteiger partial charge is 0.163 e. The first-order valence-corrected chi connectivity index (χ1v) is 11.5. The molecule has 35 heavy (non-hydrogen) atoms. The number of nitrogens with zero attached hydrogens (tertiary/aromatic N) is 1. The predicted octanol–water partition coefficient (Wildman–Crippen LogP) is 6.22. The first kappa shape index (κ1) is 26.4. The Morgan fingerprint density at radius 3 is 2.37 bits per heavy atom. The summed E-state index contributed by atoms with van der Waals surface area (Å²) in [5.41, 5.74) is 0.338. The van der Waals surface area contributed by atoms with Gasteiger partial charge in [0.05, 0.1) is 31.0 Å². The van der Waals surface area contributed by atoms with Crippen LogP contribution < -0.4 is 14.2 Å². The highest BCUT2D eigenvalue weighted by Crippen LogP contribution is 2.35. The topological polar surface area (TPSA) is 77.9 Å². The van der Waals surface area contributed by atoms with Gasteiger partial charge >= 0.3 is 0 Å². The van der Waals surface area contributed by atoms with Crippen LogP contribution in [0.25, 0.3) is 11.3 Å². The number of hydrogen-bond acceptors (Lipinski definition) is 6. The van der Waals surface area contributed by atoms with Gasteiger partial charge in [-0.2, -0.15) is 0 Å². The summed E-state index contributed by atoms with van der Waals surface area (Å²) in [5, 5.41) is 11.1. The van der Waals surface area contributed by atoms with E-state index in [1.807, 2.05) is 13.8 Å². The van der Waals surface area contributed by atoms with Crippen molar-refractivity contribution in [1.29, 1.82) is 0 Å². The van der Waals surface area contributed by atoms with Crippen molar-refractivity contribution in [1.82, 2.24) is 4.98 Å². The largest absolute Gasteiger partial charge is 0.494 e. The van der Waals surface area contributed by atoms with Crippen LogP contribution in [-0.4, -0.2) is 36.2 Å². The second-order valence-electron chi connectivity index (χ2n) is 8.61. The number of hydrogen-bond donors (Lipinski definition) is 1. The number of carbonyl (C=O) groups excluding carboxylic acids is 1. The van der Waals surface area contributed by atoms with Crippen LogP contribution >= 0.6 is 11.6 Å². The Morgan fingerprint density at radius 2 is 1.74 bits per heavy atom. The molecule has 1 atom stereocenters. The van der Waals surface area contributed by atoms with E-state index in [1.54, 1.807) is 37.3 Å². The molecule has 0 fully saturated rings. The SMILES string of the molecule is COc1cc(C(=O)CCC(C)(O)c2ccc(OC)c(-c3ccc(F)c(Cl)c3)n2)ccc1OC(C)C. The molecule has 3 rings (SSSR count). The van der Waals surface area contributed by atoms with Gasteiger partial charge in [0.1, 0.15) is 22.9 Å². The molecule has 1 N–H and O–H groups in total. The molecule has 8 heteroatoms. The highest BCUT2D eigenvalue weighted by molar-refractivity contribution is 6.31. The number of ether oxygens (including phenoxy) is 3. The van der Waals surface area contributed by atoms with Crippen molar-refractivity contribution in [3.05, 3.63) is 70.6 Å². The summed E-state index contributed by atoms with van der Waals surface area (Å²) in [6.45, 7) is 5.41. The van der Waals surface area contributed by atoms with Gasteiger partial charge in [-0.25, -0.2) is 9.37 Å². The van der Waals surface area contributed by atoms with E-state index < -0.39 is 11.4 Å².